The third-order valence-electron chi connectivity index (χ3n) is 4.06. The van der Waals surface area contributed by atoms with Crippen LogP contribution in [0.5, 0.6) is 0 Å². The van der Waals surface area contributed by atoms with Gasteiger partial charge in [-0.2, -0.15) is 4.98 Å². The van der Waals surface area contributed by atoms with Crippen LogP contribution in [0.15, 0.2) is 53.1 Å². The van der Waals surface area contributed by atoms with Crippen molar-refractivity contribution in [1.82, 2.24) is 15.5 Å². The van der Waals surface area contributed by atoms with Crippen LogP contribution in [0.3, 0.4) is 0 Å². The van der Waals surface area contributed by atoms with E-state index in [4.69, 9.17) is 4.52 Å². The maximum Gasteiger partial charge on any atom is 0.259 e. The lowest BCUT2D eigenvalue weighted by atomic mass is 9.87. The Morgan fingerprint density at radius 3 is 2.36 bits per heavy atom. The predicted molar refractivity (Wildman–Crippen MR) is 97.3 cm³/mol. The number of benzene rings is 2. The van der Waals surface area contributed by atoms with Gasteiger partial charge in [-0.1, -0.05) is 62.3 Å². The summed E-state index contributed by atoms with van der Waals surface area (Å²) in [6.45, 7) is 6.51. The highest BCUT2D eigenvalue weighted by molar-refractivity contribution is 5.99. The minimum absolute atomic E-state index is 0.0907. The average Bonchev–Trinajstić information content (AvgIpc) is 3.10. The van der Waals surface area contributed by atoms with Crippen LogP contribution >= 0.6 is 0 Å². The zero-order valence-electron chi connectivity index (χ0n) is 14.8. The summed E-state index contributed by atoms with van der Waals surface area (Å²) in [6.07, 6.45) is 0. The van der Waals surface area contributed by atoms with Crippen LogP contribution in [0, 0.1) is 0 Å². The highest BCUT2D eigenvalue weighted by atomic mass is 16.5. The Morgan fingerprint density at radius 2 is 1.72 bits per heavy atom. The lowest BCUT2D eigenvalue weighted by Crippen LogP contribution is -2.18. The van der Waals surface area contributed by atoms with Gasteiger partial charge in [-0.05, 0) is 23.1 Å². The second-order valence-corrected chi connectivity index (χ2v) is 6.88. The van der Waals surface area contributed by atoms with Crippen molar-refractivity contribution in [3.05, 3.63) is 59.7 Å². The number of aromatic nitrogens is 2. The Labute approximate surface area is 147 Å². The molecule has 5 heteroatoms. The van der Waals surface area contributed by atoms with E-state index in [1.165, 1.54) is 5.56 Å². The highest BCUT2D eigenvalue weighted by Gasteiger charge is 2.18. The van der Waals surface area contributed by atoms with Gasteiger partial charge in [-0.3, -0.25) is 4.79 Å². The molecule has 3 rings (SSSR count). The summed E-state index contributed by atoms with van der Waals surface area (Å²) in [5.74, 6) is 0.640. The third-order valence-corrected chi connectivity index (χ3v) is 4.06. The van der Waals surface area contributed by atoms with Gasteiger partial charge in [-0.15, -0.1) is 0 Å². The van der Waals surface area contributed by atoms with Gasteiger partial charge in [0.25, 0.3) is 11.8 Å². The van der Waals surface area contributed by atoms with Crippen molar-refractivity contribution in [2.45, 2.75) is 26.2 Å². The fourth-order valence-electron chi connectivity index (χ4n) is 2.57. The fraction of sp³-hybridized carbons (Fsp3) is 0.250. The van der Waals surface area contributed by atoms with Gasteiger partial charge in [-0.25, -0.2) is 0 Å². The molecule has 0 atom stereocenters. The number of hydrogen-bond donors (Lipinski definition) is 1. The SMILES string of the molecule is CNC(=O)c1ccccc1-c1nc(-c2ccc(C(C)(C)C)cc2)no1. The fourth-order valence-corrected chi connectivity index (χ4v) is 2.57. The first-order valence-electron chi connectivity index (χ1n) is 8.16. The smallest absolute Gasteiger partial charge is 0.259 e. The second-order valence-electron chi connectivity index (χ2n) is 6.88. The summed E-state index contributed by atoms with van der Waals surface area (Å²) in [5.41, 5.74) is 3.33. The zero-order chi connectivity index (χ0) is 18.0. The molecule has 0 radical (unpaired) electrons. The Hall–Kier alpha value is -2.95. The molecule has 1 N–H and O–H groups in total. The lowest BCUT2D eigenvalue weighted by Gasteiger charge is -2.18. The molecule has 1 heterocycles. The first-order chi connectivity index (χ1) is 11.9. The quantitative estimate of drug-likeness (QED) is 0.784. The van der Waals surface area contributed by atoms with Crippen molar-refractivity contribution in [2.75, 3.05) is 7.05 Å². The van der Waals surface area contributed by atoms with Crippen LogP contribution in [-0.2, 0) is 5.41 Å². The summed E-state index contributed by atoms with van der Waals surface area (Å²) < 4.78 is 5.40. The second kappa shape index (κ2) is 6.51. The zero-order valence-corrected chi connectivity index (χ0v) is 14.8. The normalized spacial score (nSPS) is 11.4. The predicted octanol–water partition coefficient (Wildman–Crippen LogP) is 4.06. The molecule has 5 nitrogen and oxygen atoms in total. The number of hydrogen-bond acceptors (Lipinski definition) is 4. The van der Waals surface area contributed by atoms with E-state index in [0.717, 1.165) is 5.56 Å². The first kappa shape index (κ1) is 16.9. The molecule has 128 valence electrons. The molecule has 0 saturated heterocycles. The molecule has 0 aliphatic heterocycles. The number of nitrogens with one attached hydrogen (secondary N) is 1. The molecule has 0 fully saturated rings. The van der Waals surface area contributed by atoms with Gasteiger partial charge in [0.1, 0.15) is 0 Å². The summed E-state index contributed by atoms with van der Waals surface area (Å²) in [7, 11) is 1.59. The minimum atomic E-state index is -0.190. The molecular formula is C20H21N3O2. The van der Waals surface area contributed by atoms with Crippen molar-refractivity contribution in [3.8, 4) is 22.8 Å². The van der Waals surface area contributed by atoms with Gasteiger partial charge in [0.15, 0.2) is 0 Å². The minimum Gasteiger partial charge on any atom is -0.355 e. The Balaban J connectivity index is 1.95. The monoisotopic (exact) mass is 335 g/mol. The Kier molecular flexibility index (Phi) is 4.40. The molecule has 0 spiro atoms. The largest absolute Gasteiger partial charge is 0.355 e. The van der Waals surface area contributed by atoms with Crippen molar-refractivity contribution < 1.29 is 9.32 Å². The maximum atomic E-state index is 12.0. The van der Waals surface area contributed by atoms with Crippen molar-refractivity contribution in [1.29, 1.82) is 0 Å². The molecule has 3 aromatic rings. The maximum absolute atomic E-state index is 12.0. The number of rotatable bonds is 3. The van der Waals surface area contributed by atoms with Gasteiger partial charge in [0, 0.05) is 12.6 Å². The Bertz CT molecular complexity index is 890. The van der Waals surface area contributed by atoms with E-state index < -0.39 is 0 Å². The van der Waals surface area contributed by atoms with Crippen LogP contribution in [-0.4, -0.2) is 23.1 Å². The molecule has 0 saturated carbocycles. The molecule has 1 amide bonds. The van der Waals surface area contributed by atoms with Crippen LogP contribution in [0.4, 0.5) is 0 Å². The molecule has 2 aromatic carbocycles. The summed E-state index contributed by atoms with van der Waals surface area (Å²) in [5, 5.41) is 6.68. The lowest BCUT2D eigenvalue weighted by molar-refractivity contribution is 0.0963. The standard InChI is InChI=1S/C20H21N3O2/c1-20(2,3)14-11-9-13(10-12-14)17-22-19(25-23-17)16-8-6-5-7-15(16)18(24)21-4/h5-12H,1-4H3,(H,21,24). The van der Waals surface area contributed by atoms with Crippen LogP contribution < -0.4 is 5.32 Å². The number of nitrogens with zero attached hydrogens (tertiary/aromatic N) is 2. The number of amides is 1. The number of carbonyl (C=O) groups excluding carboxylic acids is 1. The van der Waals surface area contributed by atoms with Crippen LogP contribution in [0.1, 0.15) is 36.7 Å². The van der Waals surface area contributed by atoms with Crippen molar-refractivity contribution in [3.63, 3.8) is 0 Å². The summed E-state index contributed by atoms with van der Waals surface area (Å²) >= 11 is 0. The van der Waals surface area contributed by atoms with E-state index in [1.54, 1.807) is 25.2 Å². The molecule has 25 heavy (non-hydrogen) atoms. The molecular weight excluding hydrogens is 314 g/mol. The van der Waals surface area contributed by atoms with E-state index in [0.29, 0.717) is 22.8 Å². The van der Waals surface area contributed by atoms with Crippen LogP contribution in [0.2, 0.25) is 0 Å². The molecule has 0 unspecified atom stereocenters. The van der Waals surface area contributed by atoms with E-state index in [9.17, 15) is 4.79 Å². The molecule has 0 aliphatic rings. The highest BCUT2D eigenvalue weighted by Crippen LogP contribution is 2.27. The van der Waals surface area contributed by atoms with Gasteiger partial charge in [0.05, 0.1) is 11.1 Å². The summed E-state index contributed by atoms with van der Waals surface area (Å²) in [6, 6.07) is 15.3. The van der Waals surface area contributed by atoms with Gasteiger partial charge < -0.3 is 9.84 Å². The molecule has 0 aliphatic carbocycles. The van der Waals surface area contributed by atoms with E-state index in [-0.39, 0.29) is 11.3 Å². The third kappa shape index (κ3) is 3.45. The topological polar surface area (TPSA) is 68.0 Å². The van der Waals surface area contributed by atoms with E-state index in [1.807, 2.05) is 18.2 Å². The average molecular weight is 335 g/mol. The first-order valence-corrected chi connectivity index (χ1v) is 8.16. The summed E-state index contributed by atoms with van der Waals surface area (Å²) in [4.78, 5) is 16.5. The molecule has 1 aromatic heterocycles. The number of carbonyl (C=O) groups is 1. The van der Waals surface area contributed by atoms with E-state index >= 15 is 0 Å². The van der Waals surface area contributed by atoms with Gasteiger partial charge >= 0.3 is 0 Å². The van der Waals surface area contributed by atoms with Gasteiger partial charge in [0.2, 0.25) is 5.82 Å². The Morgan fingerprint density at radius 1 is 1.04 bits per heavy atom. The van der Waals surface area contributed by atoms with Crippen molar-refractivity contribution in [2.24, 2.45) is 0 Å². The van der Waals surface area contributed by atoms with E-state index in [2.05, 4.69) is 48.4 Å². The van der Waals surface area contributed by atoms with Crippen molar-refractivity contribution >= 4 is 5.91 Å². The molecule has 0 bridgehead atoms. The van der Waals surface area contributed by atoms with Crippen LogP contribution in [0.25, 0.3) is 22.8 Å².